The van der Waals surface area contributed by atoms with E-state index in [-0.39, 0.29) is 17.9 Å². The molecule has 6 nitrogen and oxygen atoms in total. The summed E-state index contributed by atoms with van der Waals surface area (Å²) in [6.07, 6.45) is 13.3. The van der Waals surface area contributed by atoms with Crippen molar-refractivity contribution in [3.05, 3.63) is 63.7 Å². The Kier molecular flexibility index (Phi) is 10.7. The summed E-state index contributed by atoms with van der Waals surface area (Å²) in [6, 6.07) is 0. The number of carbonyl (C=O) groups is 1. The standard InChI is InChI=1S/C25H33N3O3S2/c1-16(2)9-7-8-10-17(3)24-28-20(15-33-24)25-27-19(14-32-25)11-12-21(30-5)18(4)22(31-6)13-23(26)29/h7-18,21H,1-6H3,(H2,26,29)/b9-7+,10-8+,12-11+,22-13+/t17-,18-,21+/m1/s1. The van der Waals surface area contributed by atoms with Gasteiger partial charge in [-0.05, 0) is 12.0 Å². The van der Waals surface area contributed by atoms with E-state index in [4.69, 9.17) is 25.2 Å². The molecule has 0 radical (unpaired) electrons. The van der Waals surface area contributed by atoms with Crippen LogP contribution in [0.2, 0.25) is 0 Å². The van der Waals surface area contributed by atoms with E-state index in [9.17, 15) is 4.79 Å². The molecule has 0 aliphatic carbocycles. The summed E-state index contributed by atoms with van der Waals surface area (Å²) in [5.41, 5.74) is 6.97. The fraction of sp³-hybridized carbons (Fsp3) is 0.400. The largest absolute Gasteiger partial charge is 0.501 e. The molecule has 0 bridgehead atoms. The Balaban J connectivity index is 2.09. The van der Waals surface area contributed by atoms with Gasteiger partial charge >= 0.3 is 0 Å². The minimum Gasteiger partial charge on any atom is -0.501 e. The lowest BCUT2D eigenvalue weighted by Crippen LogP contribution is -2.22. The van der Waals surface area contributed by atoms with E-state index in [2.05, 4.69) is 50.5 Å². The number of ether oxygens (including phenoxy) is 2. The fourth-order valence-electron chi connectivity index (χ4n) is 3.00. The third kappa shape index (κ3) is 8.38. The van der Waals surface area contributed by atoms with Crippen LogP contribution in [-0.4, -0.2) is 36.2 Å². The molecule has 0 spiro atoms. The van der Waals surface area contributed by atoms with Crippen LogP contribution in [0.15, 0.2) is 53.0 Å². The molecule has 0 saturated heterocycles. The van der Waals surface area contributed by atoms with Gasteiger partial charge < -0.3 is 15.2 Å². The van der Waals surface area contributed by atoms with Crippen LogP contribution < -0.4 is 5.73 Å². The predicted octanol–water partition coefficient (Wildman–Crippen LogP) is 5.82. The molecule has 178 valence electrons. The van der Waals surface area contributed by atoms with Gasteiger partial charge in [0.25, 0.3) is 0 Å². The number of hydrogen-bond acceptors (Lipinski definition) is 7. The zero-order valence-electron chi connectivity index (χ0n) is 20.0. The third-order valence-corrected chi connectivity index (χ3v) is 6.78. The minimum atomic E-state index is -0.555. The summed E-state index contributed by atoms with van der Waals surface area (Å²) in [7, 11) is 3.12. The van der Waals surface area contributed by atoms with Crippen molar-refractivity contribution in [2.75, 3.05) is 14.2 Å². The first kappa shape index (κ1) is 26.7. The molecule has 2 aromatic rings. The van der Waals surface area contributed by atoms with Crippen LogP contribution in [0, 0.1) is 11.8 Å². The highest BCUT2D eigenvalue weighted by molar-refractivity contribution is 7.14. The zero-order chi connectivity index (χ0) is 24.4. The molecule has 3 atom stereocenters. The molecule has 8 heteroatoms. The summed E-state index contributed by atoms with van der Waals surface area (Å²) in [6.45, 7) is 8.37. The lowest BCUT2D eigenvalue weighted by molar-refractivity contribution is -0.113. The molecule has 0 aromatic carbocycles. The number of allylic oxidation sites excluding steroid dienone is 4. The van der Waals surface area contributed by atoms with E-state index in [1.807, 2.05) is 24.5 Å². The van der Waals surface area contributed by atoms with Crippen LogP contribution in [0.5, 0.6) is 0 Å². The lowest BCUT2D eigenvalue weighted by atomic mass is 10.0. The normalized spacial score (nSPS) is 15.7. The van der Waals surface area contributed by atoms with Crippen molar-refractivity contribution < 1.29 is 14.3 Å². The van der Waals surface area contributed by atoms with Crippen molar-refractivity contribution in [1.29, 1.82) is 0 Å². The second-order valence-corrected chi connectivity index (χ2v) is 9.70. The Labute approximate surface area is 204 Å². The van der Waals surface area contributed by atoms with Gasteiger partial charge in [-0.15, -0.1) is 22.7 Å². The van der Waals surface area contributed by atoms with E-state index in [1.165, 1.54) is 13.2 Å². The molecular weight excluding hydrogens is 454 g/mol. The van der Waals surface area contributed by atoms with Crippen molar-refractivity contribution in [1.82, 2.24) is 9.97 Å². The topological polar surface area (TPSA) is 87.3 Å². The average molecular weight is 488 g/mol. The van der Waals surface area contributed by atoms with Crippen molar-refractivity contribution >= 4 is 34.7 Å². The second-order valence-electron chi connectivity index (χ2n) is 7.95. The van der Waals surface area contributed by atoms with Crippen LogP contribution in [0.25, 0.3) is 16.8 Å². The van der Waals surface area contributed by atoms with Gasteiger partial charge in [-0.25, -0.2) is 9.97 Å². The van der Waals surface area contributed by atoms with E-state index in [0.29, 0.717) is 11.7 Å². The van der Waals surface area contributed by atoms with E-state index < -0.39 is 5.91 Å². The molecule has 33 heavy (non-hydrogen) atoms. The summed E-state index contributed by atoms with van der Waals surface area (Å²) in [5, 5.41) is 5.98. The highest BCUT2D eigenvalue weighted by Gasteiger charge is 2.20. The zero-order valence-corrected chi connectivity index (χ0v) is 21.7. The van der Waals surface area contributed by atoms with Gasteiger partial charge in [0.1, 0.15) is 16.5 Å². The number of primary amides is 1. The Morgan fingerprint density at radius 2 is 1.76 bits per heavy atom. The highest BCUT2D eigenvalue weighted by atomic mass is 32.1. The predicted molar refractivity (Wildman–Crippen MR) is 138 cm³/mol. The number of hydrogen-bond donors (Lipinski definition) is 1. The molecule has 2 rings (SSSR count). The van der Waals surface area contributed by atoms with Crippen LogP contribution in [0.1, 0.15) is 44.3 Å². The fourth-order valence-corrected chi connectivity index (χ4v) is 4.66. The van der Waals surface area contributed by atoms with Crippen LogP contribution in [0.3, 0.4) is 0 Å². The summed E-state index contributed by atoms with van der Waals surface area (Å²) < 4.78 is 10.9. The molecular formula is C25H33N3O3S2. The van der Waals surface area contributed by atoms with Crippen molar-refractivity contribution in [2.24, 2.45) is 17.6 Å². The van der Waals surface area contributed by atoms with Crippen molar-refractivity contribution in [3.8, 4) is 10.7 Å². The number of aromatic nitrogens is 2. The van der Waals surface area contributed by atoms with E-state index >= 15 is 0 Å². The third-order valence-electron chi connectivity index (χ3n) is 4.85. The molecule has 0 aliphatic rings. The number of methoxy groups -OCH3 is 2. The number of nitrogens with zero attached hydrogens (tertiary/aromatic N) is 2. The SMILES string of the molecule is CO/C(=C/C(N)=O)[C@H](C)[C@H](/C=C/c1csc(-c2csc([C@H](C)/C=C/C=C/C(C)C)n2)n1)OC. The van der Waals surface area contributed by atoms with Gasteiger partial charge in [0.15, 0.2) is 0 Å². The van der Waals surface area contributed by atoms with Gasteiger partial charge in [-0.1, -0.05) is 58.1 Å². The summed E-state index contributed by atoms with van der Waals surface area (Å²) >= 11 is 3.20. The Morgan fingerprint density at radius 1 is 1.03 bits per heavy atom. The lowest BCUT2D eigenvalue weighted by Gasteiger charge is -2.21. The van der Waals surface area contributed by atoms with Gasteiger partial charge in [-0.2, -0.15) is 0 Å². The molecule has 2 N–H and O–H groups in total. The quantitative estimate of drug-likeness (QED) is 0.232. The van der Waals surface area contributed by atoms with Crippen LogP contribution in [0.4, 0.5) is 0 Å². The van der Waals surface area contributed by atoms with Gasteiger partial charge in [-0.3, -0.25) is 4.79 Å². The second kappa shape index (κ2) is 13.2. The Morgan fingerprint density at radius 3 is 2.39 bits per heavy atom. The number of nitrogens with two attached hydrogens (primary N) is 1. The van der Waals surface area contributed by atoms with Gasteiger partial charge in [0, 0.05) is 35.8 Å². The van der Waals surface area contributed by atoms with Crippen molar-refractivity contribution in [2.45, 2.75) is 39.7 Å². The molecule has 0 unspecified atom stereocenters. The molecule has 2 aromatic heterocycles. The Bertz CT molecular complexity index is 1020. The maximum atomic E-state index is 11.2. The molecule has 0 aliphatic heterocycles. The summed E-state index contributed by atoms with van der Waals surface area (Å²) in [5.74, 6) is 0.512. The van der Waals surface area contributed by atoms with Crippen LogP contribution >= 0.6 is 22.7 Å². The molecule has 0 fully saturated rings. The summed E-state index contributed by atoms with van der Waals surface area (Å²) in [4.78, 5) is 20.7. The van der Waals surface area contributed by atoms with Gasteiger partial charge in [0.05, 0.1) is 23.9 Å². The number of carbonyl (C=O) groups excluding carboxylic acids is 1. The average Bonchev–Trinajstić information content (AvgIpc) is 3.44. The molecule has 0 saturated carbocycles. The minimum absolute atomic E-state index is 0.187. The maximum Gasteiger partial charge on any atom is 0.244 e. The molecule has 2 heterocycles. The number of amides is 1. The van der Waals surface area contributed by atoms with Crippen molar-refractivity contribution in [3.63, 3.8) is 0 Å². The first-order valence-electron chi connectivity index (χ1n) is 10.8. The number of thiazole rings is 2. The first-order chi connectivity index (χ1) is 15.7. The smallest absolute Gasteiger partial charge is 0.244 e. The Hall–Kier alpha value is -2.55. The van der Waals surface area contributed by atoms with Gasteiger partial charge in [0.2, 0.25) is 5.91 Å². The highest BCUT2D eigenvalue weighted by Crippen LogP contribution is 2.29. The molecule has 1 amide bonds. The first-order valence-corrected chi connectivity index (χ1v) is 12.5. The van der Waals surface area contributed by atoms with E-state index in [0.717, 1.165) is 21.4 Å². The monoisotopic (exact) mass is 487 g/mol. The van der Waals surface area contributed by atoms with Crippen LogP contribution in [-0.2, 0) is 14.3 Å². The van der Waals surface area contributed by atoms with E-state index in [1.54, 1.807) is 29.8 Å². The number of rotatable bonds is 12. The maximum absolute atomic E-state index is 11.2.